The van der Waals surface area contributed by atoms with E-state index in [-0.39, 0.29) is 11.8 Å². The lowest BCUT2D eigenvalue weighted by molar-refractivity contribution is -0.158. The number of amides is 1. The monoisotopic (exact) mass is 229 g/mol. The molecule has 0 aliphatic carbocycles. The summed E-state index contributed by atoms with van der Waals surface area (Å²) in [5.74, 6) is -1.28. The molecular weight excluding hydrogens is 210 g/mol. The minimum atomic E-state index is -1.16. The van der Waals surface area contributed by atoms with E-state index in [9.17, 15) is 9.59 Å². The van der Waals surface area contributed by atoms with E-state index in [0.29, 0.717) is 26.2 Å². The summed E-state index contributed by atoms with van der Waals surface area (Å²) < 4.78 is 5.15. The molecule has 0 bridgehead atoms. The Bertz CT molecular complexity index is 282. The fourth-order valence-corrected chi connectivity index (χ4v) is 1.89. The van der Waals surface area contributed by atoms with Crippen LogP contribution in [0.5, 0.6) is 0 Å². The fraction of sp³-hybridized carbons (Fsp3) is 0.818. The third kappa shape index (κ3) is 2.35. The number of hydrogen-bond donors (Lipinski definition) is 1. The SMILES string of the molecule is CCN(C(=O)C1CCOC1)C(C)(C)C(=O)O. The van der Waals surface area contributed by atoms with Gasteiger partial charge in [-0.1, -0.05) is 0 Å². The second kappa shape index (κ2) is 4.82. The number of likely N-dealkylation sites (N-methyl/N-ethyl adjacent to an activating group) is 1. The van der Waals surface area contributed by atoms with Crippen LogP contribution in [0, 0.1) is 5.92 Å². The van der Waals surface area contributed by atoms with Gasteiger partial charge in [0.05, 0.1) is 12.5 Å². The predicted molar refractivity (Wildman–Crippen MR) is 58.0 cm³/mol. The van der Waals surface area contributed by atoms with Crippen LogP contribution in [0.2, 0.25) is 0 Å². The third-order valence-corrected chi connectivity index (χ3v) is 3.06. The van der Waals surface area contributed by atoms with Crippen LogP contribution in [0.3, 0.4) is 0 Å². The lowest BCUT2D eigenvalue weighted by Gasteiger charge is -2.35. The van der Waals surface area contributed by atoms with Crippen molar-refractivity contribution in [3.05, 3.63) is 0 Å². The van der Waals surface area contributed by atoms with Gasteiger partial charge in [-0.3, -0.25) is 4.79 Å². The first-order valence-corrected chi connectivity index (χ1v) is 5.53. The van der Waals surface area contributed by atoms with Crippen LogP contribution in [0.25, 0.3) is 0 Å². The van der Waals surface area contributed by atoms with E-state index in [0.717, 1.165) is 0 Å². The first kappa shape index (κ1) is 13.0. The Hall–Kier alpha value is -1.10. The number of nitrogens with zero attached hydrogens (tertiary/aromatic N) is 1. The number of carbonyl (C=O) groups is 2. The molecule has 0 saturated carbocycles. The number of carboxylic acids is 1. The average Bonchev–Trinajstić information content (AvgIpc) is 2.70. The molecule has 1 rings (SSSR count). The number of hydrogen-bond acceptors (Lipinski definition) is 3. The summed E-state index contributed by atoms with van der Waals surface area (Å²) in [6, 6.07) is 0. The molecule has 1 heterocycles. The molecule has 1 unspecified atom stereocenters. The van der Waals surface area contributed by atoms with E-state index in [1.807, 2.05) is 0 Å². The normalized spacial score (nSPS) is 20.8. The molecule has 5 heteroatoms. The first-order valence-electron chi connectivity index (χ1n) is 5.53. The molecule has 0 radical (unpaired) electrons. The molecule has 5 nitrogen and oxygen atoms in total. The molecule has 0 aromatic heterocycles. The maximum atomic E-state index is 12.1. The zero-order chi connectivity index (χ0) is 12.3. The van der Waals surface area contributed by atoms with Crippen LogP contribution in [0.1, 0.15) is 27.2 Å². The maximum Gasteiger partial charge on any atom is 0.329 e. The maximum absolute atomic E-state index is 12.1. The number of aliphatic carboxylic acids is 1. The van der Waals surface area contributed by atoms with Gasteiger partial charge >= 0.3 is 5.97 Å². The first-order chi connectivity index (χ1) is 7.41. The van der Waals surface area contributed by atoms with Crippen LogP contribution in [-0.2, 0) is 14.3 Å². The molecular formula is C11H19NO4. The van der Waals surface area contributed by atoms with Gasteiger partial charge in [0.15, 0.2) is 0 Å². The van der Waals surface area contributed by atoms with Crippen molar-refractivity contribution in [1.82, 2.24) is 4.90 Å². The molecule has 92 valence electrons. The summed E-state index contributed by atoms with van der Waals surface area (Å²) in [4.78, 5) is 24.6. The molecule has 0 aromatic rings. The van der Waals surface area contributed by atoms with Crippen LogP contribution >= 0.6 is 0 Å². The summed E-state index contributed by atoms with van der Waals surface area (Å²) in [7, 11) is 0. The highest BCUT2D eigenvalue weighted by Gasteiger charge is 2.40. The van der Waals surface area contributed by atoms with Gasteiger partial charge in [0.1, 0.15) is 5.54 Å². The third-order valence-electron chi connectivity index (χ3n) is 3.06. The second-order valence-electron chi connectivity index (χ2n) is 4.51. The van der Waals surface area contributed by atoms with E-state index in [1.165, 1.54) is 4.90 Å². The Labute approximate surface area is 95.4 Å². The molecule has 1 N–H and O–H groups in total. The van der Waals surface area contributed by atoms with Crippen molar-refractivity contribution in [2.45, 2.75) is 32.7 Å². The van der Waals surface area contributed by atoms with Crippen LogP contribution in [0.15, 0.2) is 0 Å². The standard InChI is InChI=1S/C11H19NO4/c1-4-12(11(2,3)10(14)15)9(13)8-5-6-16-7-8/h8H,4-7H2,1-3H3,(H,14,15). The number of carboxylic acid groups (broad SMARTS) is 1. The Morgan fingerprint density at radius 1 is 1.50 bits per heavy atom. The Morgan fingerprint density at radius 3 is 2.50 bits per heavy atom. The average molecular weight is 229 g/mol. The largest absolute Gasteiger partial charge is 0.480 e. The molecule has 1 atom stereocenters. The van der Waals surface area contributed by atoms with Crippen molar-refractivity contribution in [2.24, 2.45) is 5.92 Å². The van der Waals surface area contributed by atoms with Crippen molar-refractivity contribution in [3.63, 3.8) is 0 Å². The molecule has 1 amide bonds. The van der Waals surface area contributed by atoms with Crippen molar-refractivity contribution in [1.29, 1.82) is 0 Å². The van der Waals surface area contributed by atoms with E-state index >= 15 is 0 Å². The van der Waals surface area contributed by atoms with Crippen LogP contribution in [0.4, 0.5) is 0 Å². The zero-order valence-electron chi connectivity index (χ0n) is 10.0. The summed E-state index contributed by atoms with van der Waals surface area (Å²) in [6.45, 7) is 6.28. The molecule has 16 heavy (non-hydrogen) atoms. The number of rotatable bonds is 4. The highest BCUT2D eigenvalue weighted by atomic mass is 16.5. The van der Waals surface area contributed by atoms with E-state index < -0.39 is 11.5 Å². The molecule has 1 fully saturated rings. The number of carbonyl (C=O) groups excluding carboxylic acids is 1. The zero-order valence-corrected chi connectivity index (χ0v) is 10.0. The summed E-state index contributed by atoms with van der Waals surface area (Å²) >= 11 is 0. The van der Waals surface area contributed by atoms with Crippen molar-refractivity contribution in [3.8, 4) is 0 Å². The lowest BCUT2D eigenvalue weighted by Crippen LogP contribution is -2.54. The fourth-order valence-electron chi connectivity index (χ4n) is 1.89. The highest BCUT2D eigenvalue weighted by Crippen LogP contribution is 2.22. The van der Waals surface area contributed by atoms with E-state index in [4.69, 9.17) is 9.84 Å². The molecule has 0 aromatic carbocycles. The van der Waals surface area contributed by atoms with Gasteiger partial charge in [-0.2, -0.15) is 0 Å². The van der Waals surface area contributed by atoms with E-state index in [2.05, 4.69) is 0 Å². The van der Waals surface area contributed by atoms with Crippen LogP contribution < -0.4 is 0 Å². The summed E-state index contributed by atoms with van der Waals surface area (Å²) in [5.41, 5.74) is -1.16. The quantitative estimate of drug-likeness (QED) is 0.772. The lowest BCUT2D eigenvalue weighted by atomic mass is 9.99. The predicted octanol–water partition coefficient (Wildman–Crippen LogP) is 0.735. The Balaban J connectivity index is 2.80. The minimum Gasteiger partial charge on any atom is -0.480 e. The van der Waals surface area contributed by atoms with Gasteiger partial charge in [0, 0.05) is 13.2 Å². The Kier molecular flexibility index (Phi) is 3.91. The smallest absolute Gasteiger partial charge is 0.329 e. The van der Waals surface area contributed by atoms with E-state index in [1.54, 1.807) is 20.8 Å². The van der Waals surface area contributed by atoms with Gasteiger partial charge in [-0.15, -0.1) is 0 Å². The summed E-state index contributed by atoms with van der Waals surface area (Å²) in [6.07, 6.45) is 0.686. The van der Waals surface area contributed by atoms with Crippen LogP contribution in [-0.4, -0.2) is 47.2 Å². The van der Waals surface area contributed by atoms with Gasteiger partial charge in [0.2, 0.25) is 5.91 Å². The second-order valence-corrected chi connectivity index (χ2v) is 4.51. The minimum absolute atomic E-state index is 0.118. The van der Waals surface area contributed by atoms with Gasteiger partial charge in [-0.25, -0.2) is 4.79 Å². The molecule has 0 spiro atoms. The topological polar surface area (TPSA) is 66.8 Å². The Morgan fingerprint density at radius 2 is 2.12 bits per heavy atom. The van der Waals surface area contributed by atoms with Crippen molar-refractivity contribution in [2.75, 3.05) is 19.8 Å². The van der Waals surface area contributed by atoms with Crippen molar-refractivity contribution >= 4 is 11.9 Å². The van der Waals surface area contributed by atoms with Gasteiger partial charge in [-0.05, 0) is 27.2 Å². The van der Waals surface area contributed by atoms with Gasteiger partial charge < -0.3 is 14.7 Å². The molecule has 1 aliphatic heterocycles. The number of ether oxygens (including phenoxy) is 1. The molecule has 1 saturated heterocycles. The summed E-state index contributed by atoms with van der Waals surface area (Å²) in [5, 5.41) is 9.11. The molecule has 1 aliphatic rings. The van der Waals surface area contributed by atoms with Crippen molar-refractivity contribution < 1.29 is 19.4 Å². The van der Waals surface area contributed by atoms with Gasteiger partial charge in [0.25, 0.3) is 0 Å². The highest BCUT2D eigenvalue weighted by molar-refractivity contribution is 5.87.